The molecule has 0 bridgehead atoms. The summed E-state index contributed by atoms with van der Waals surface area (Å²) in [4.78, 5) is 21.1. The average molecular weight is 360 g/mol. The van der Waals surface area contributed by atoms with Gasteiger partial charge in [0, 0.05) is 12.1 Å². The molecule has 0 radical (unpaired) electrons. The Bertz CT molecular complexity index is 882. The van der Waals surface area contributed by atoms with Crippen LogP contribution in [0.25, 0.3) is 0 Å². The minimum atomic E-state index is -4.92. The lowest BCUT2D eigenvalue weighted by molar-refractivity contribution is -0.384. The number of rotatable bonds is 4. The first-order valence-corrected chi connectivity index (χ1v) is 7.65. The fourth-order valence-corrected chi connectivity index (χ4v) is 2.37. The normalized spacial score (nSPS) is 11.0. The quantitative estimate of drug-likeness (QED) is 0.273. The first-order valence-electron chi connectivity index (χ1n) is 5.89. The number of nitrogens with zero attached hydrogens (tertiary/aromatic N) is 1. The number of hydrogen-bond acceptors (Lipinski definition) is 6. The van der Waals surface area contributed by atoms with E-state index in [1.807, 2.05) is 0 Å². The highest BCUT2D eigenvalue weighted by molar-refractivity contribution is 7.86. The van der Waals surface area contributed by atoms with Crippen LogP contribution < -0.4 is 4.74 Å². The molecular formula is C13H7ClFNO6S. The third-order valence-electron chi connectivity index (χ3n) is 2.70. The smallest absolute Gasteiger partial charge is 0.343 e. The minimum absolute atomic E-state index is 0.0221. The molecule has 0 atom stereocenters. The molecule has 0 heterocycles. The van der Waals surface area contributed by atoms with E-state index in [2.05, 4.69) is 0 Å². The van der Waals surface area contributed by atoms with Gasteiger partial charge in [-0.1, -0.05) is 11.6 Å². The Kier molecular flexibility index (Phi) is 4.62. The molecule has 2 aromatic carbocycles. The third-order valence-corrected chi connectivity index (χ3v) is 3.81. The van der Waals surface area contributed by atoms with Crippen molar-refractivity contribution in [2.24, 2.45) is 0 Å². The van der Waals surface area contributed by atoms with Crippen LogP contribution in [0.5, 0.6) is 5.75 Å². The Balaban J connectivity index is 2.22. The zero-order chi connectivity index (χ0) is 17.2. The summed E-state index contributed by atoms with van der Waals surface area (Å²) in [7, 11) is -4.92. The second-order valence-electron chi connectivity index (χ2n) is 4.22. The number of nitro benzene ring substituents is 1. The van der Waals surface area contributed by atoms with Crippen LogP contribution in [0.4, 0.5) is 9.57 Å². The van der Waals surface area contributed by atoms with Crippen molar-refractivity contribution in [1.29, 1.82) is 0 Å². The van der Waals surface area contributed by atoms with Crippen molar-refractivity contribution in [1.82, 2.24) is 0 Å². The number of carbonyl (C=O) groups excluding carboxylic acids is 1. The summed E-state index contributed by atoms with van der Waals surface area (Å²) in [6.45, 7) is 0. The topological polar surface area (TPSA) is 104 Å². The maximum atomic E-state index is 12.8. The van der Waals surface area contributed by atoms with Gasteiger partial charge in [0.25, 0.3) is 5.69 Å². The molecule has 0 aromatic heterocycles. The highest BCUT2D eigenvalue weighted by Gasteiger charge is 2.17. The number of nitro groups is 1. The summed E-state index contributed by atoms with van der Waals surface area (Å²) < 4.78 is 39.2. The van der Waals surface area contributed by atoms with Crippen LogP contribution in [-0.4, -0.2) is 19.3 Å². The molecule has 0 aliphatic carbocycles. The molecular weight excluding hydrogens is 353 g/mol. The maximum absolute atomic E-state index is 12.8. The third kappa shape index (κ3) is 4.02. The highest BCUT2D eigenvalue weighted by atomic mass is 35.5. The second kappa shape index (κ2) is 6.31. The fourth-order valence-electron chi connectivity index (χ4n) is 1.59. The lowest BCUT2D eigenvalue weighted by Gasteiger charge is -2.07. The number of halogens is 2. The first-order chi connectivity index (χ1) is 10.7. The van der Waals surface area contributed by atoms with Crippen LogP contribution in [-0.2, 0) is 10.2 Å². The molecule has 0 aliphatic rings. The largest absolute Gasteiger partial charge is 0.421 e. The number of non-ortho nitro benzene ring substituents is 1. The summed E-state index contributed by atoms with van der Waals surface area (Å²) >= 11 is 5.74. The molecule has 10 heteroatoms. The molecule has 0 aliphatic heterocycles. The zero-order valence-corrected chi connectivity index (χ0v) is 12.7. The van der Waals surface area contributed by atoms with E-state index in [0.29, 0.717) is 0 Å². The summed E-state index contributed by atoms with van der Waals surface area (Å²) in [6, 6.07) is 7.34. The van der Waals surface area contributed by atoms with Crippen LogP contribution in [0.2, 0.25) is 5.02 Å². The van der Waals surface area contributed by atoms with Crippen LogP contribution in [0.3, 0.4) is 0 Å². The van der Waals surface area contributed by atoms with Crippen molar-refractivity contribution in [3.63, 3.8) is 0 Å². The number of hydrogen-bond donors (Lipinski definition) is 0. The van der Waals surface area contributed by atoms with E-state index in [1.165, 1.54) is 12.1 Å². The Labute approximate surface area is 134 Å². The number of benzene rings is 2. The van der Waals surface area contributed by atoms with E-state index in [0.717, 1.165) is 30.3 Å². The SMILES string of the molecule is O=C(Oc1ccc(S(=O)(=O)F)cc1Cl)c1ccc([N+](=O)[O-])cc1. The van der Waals surface area contributed by atoms with Crippen molar-refractivity contribution in [3.8, 4) is 5.75 Å². The Morgan fingerprint density at radius 2 is 1.78 bits per heavy atom. The van der Waals surface area contributed by atoms with Crippen molar-refractivity contribution < 1.29 is 26.8 Å². The summed E-state index contributed by atoms with van der Waals surface area (Å²) in [5.41, 5.74) is -0.175. The molecule has 0 saturated carbocycles. The molecule has 2 aromatic rings. The molecule has 7 nitrogen and oxygen atoms in total. The summed E-state index contributed by atoms with van der Waals surface area (Å²) in [5, 5.41) is 10.2. The van der Waals surface area contributed by atoms with E-state index in [-0.39, 0.29) is 22.0 Å². The summed E-state index contributed by atoms with van der Waals surface area (Å²) in [6.07, 6.45) is 0. The van der Waals surface area contributed by atoms with Gasteiger partial charge in [-0.3, -0.25) is 10.1 Å². The van der Waals surface area contributed by atoms with E-state index < -0.39 is 26.0 Å². The van der Waals surface area contributed by atoms with Crippen molar-refractivity contribution in [2.75, 3.05) is 0 Å². The van der Waals surface area contributed by atoms with Crippen LogP contribution in [0.15, 0.2) is 47.4 Å². The monoisotopic (exact) mass is 359 g/mol. The molecule has 120 valence electrons. The highest BCUT2D eigenvalue weighted by Crippen LogP contribution is 2.28. The van der Waals surface area contributed by atoms with E-state index in [1.54, 1.807) is 0 Å². The van der Waals surface area contributed by atoms with Crippen LogP contribution in [0.1, 0.15) is 10.4 Å². The molecule has 0 spiro atoms. The number of carbonyl (C=O) groups is 1. The lowest BCUT2D eigenvalue weighted by atomic mass is 10.2. The average Bonchev–Trinajstić information content (AvgIpc) is 2.48. The Morgan fingerprint density at radius 1 is 1.17 bits per heavy atom. The standard InChI is InChI=1S/C13H7ClFNO6S/c14-11-7-10(23(15,20)21)5-6-12(11)22-13(17)8-1-3-9(4-2-8)16(18)19/h1-7H. The van der Waals surface area contributed by atoms with Crippen molar-refractivity contribution >= 4 is 33.5 Å². The Morgan fingerprint density at radius 3 is 2.26 bits per heavy atom. The minimum Gasteiger partial charge on any atom is -0.421 e. The first kappa shape index (κ1) is 16.8. The number of esters is 1. The number of ether oxygens (including phenoxy) is 1. The Hall–Kier alpha value is -2.52. The molecule has 2 rings (SSSR count). The summed E-state index contributed by atoms with van der Waals surface area (Å²) in [5.74, 6) is -1.04. The second-order valence-corrected chi connectivity index (χ2v) is 5.98. The maximum Gasteiger partial charge on any atom is 0.343 e. The van der Waals surface area contributed by atoms with Gasteiger partial charge in [-0.2, -0.15) is 8.42 Å². The van der Waals surface area contributed by atoms with Gasteiger partial charge < -0.3 is 4.74 Å². The van der Waals surface area contributed by atoms with Gasteiger partial charge in [-0.05, 0) is 30.3 Å². The van der Waals surface area contributed by atoms with Gasteiger partial charge in [-0.25, -0.2) is 4.79 Å². The van der Waals surface area contributed by atoms with Crippen LogP contribution in [0, 0.1) is 10.1 Å². The molecule has 0 unspecified atom stereocenters. The van der Waals surface area contributed by atoms with Gasteiger partial charge >= 0.3 is 16.2 Å². The molecule has 0 amide bonds. The van der Waals surface area contributed by atoms with Gasteiger partial charge in [0.15, 0.2) is 0 Å². The molecule has 0 N–H and O–H groups in total. The van der Waals surface area contributed by atoms with Gasteiger partial charge in [0.1, 0.15) is 10.6 Å². The molecule has 0 fully saturated rings. The van der Waals surface area contributed by atoms with Crippen molar-refractivity contribution in [2.45, 2.75) is 4.90 Å². The predicted octanol–water partition coefficient (Wildman–Crippen LogP) is 3.13. The predicted molar refractivity (Wildman–Crippen MR) is 77.8 cm³/mol. The molecule has 0 saturated heterocycles. The van der Waals surface area contributed by atoms with Crippen molar-refractivity contribution in [3.05, 3.63) is 63.2 Å². The van der Waals surface area contributed by atoms with E-state index in [9.17, 15) is 27.2 Å². The van der Waals surface area contributed by atoms with Gasteiger partial charge in [0.05, 0.1) is 15.5 Å². The van der Waals surface area contributed by atoms with E-state index in [4.69, 9.17) is 16.3 Å². The van der Waals surface area contributed by atoms with Crippen LogP contribution >= 0.6 is 11.6 Å². The molecule has 23 heavy (non-hydrogen) atoms. The van der Waals surface area contributed by atoms with Gasteiger partial charge in [-0.15, -0.1) is 3.89 Å². The fraction of sp³-hybridized carbons (Fsp3) is 0. The lowest BCUT2D eigenvalue weighted by Crippen LogP contribution is -2.09. The van der Waals surface area contributed by atoms with E-state index >= 15 is 0 Å². The van der Waals surface area contributed by atoms with Gasteiger partial charge in [0.2, 0.25) is 0 Å². The zero-order valence-electron chi connectivity index (χ0n) is 11.1.